The summed E-state index contributed by atoms with van der Waals surface area (Å²) in [5, 5.41) is 9.44. The Kier molecular flexibility index (Phi) is 9.80. The minimum absolute atomic E-state index is 0.0764. The lowest BCUT2D eigenvalue weighted by Gasteiger charge is -2.18. The second-order valence-corrected chi connectivity index (χ2v) is 3.83. The molecule has 0 aromatic rings. The number of rotatable bonds is 11. The zero-order valence-electron chi connectivity index (χ0n) is 11.0. The first-order chi connectivity index (χ1) is 8.54. The molecule has 0 radical (unpaired) electrons. The van der Waals surface area contributed by atoms with E-state index in [9.17, 15) is 9.90 Å². The third-order valence-corrected chi connectivity index (χ3v) is 2.10. The molecule has 1 unspecified atom stereocenters. The highest BCUT2D eigenvalue weighted by Gasteiger charge is 2.29. The van der Waals surface area contributed by atoms with E-state index in [1.165, 1.54) is 6.92 Å². The fourth-order valence-electron chi connectivity index (χ4n) is 0.896. The van der Waals surface area contributed by atoms with Crippen LogP contribution in [0.1, 0.15) is 6.92 Å². The second-order valence-electron chi connectivity index (χ2n) is 3.83. The molecule has 0 fully saturated rings. The first-order valence-electron chi connectivity index (χ1n) is 5.78. The van der Waals surface area contributed by atoms with Crippen molar-refractivity contribution in [2.24, 2.45) is 5.73 Å². The number of aliphatic hydroxyl groups is 1. The molecule has 0 aliphatic carbocycles. The maximum Gasteiger partial charge on any atom is 0.339 e. The molecule has 0 rings (SSSR count). The van der Waals surface area contributed by atoms with Crippen LogP contribution < -0.4 is 5.73 Å². The van der Waals surface area contributed by atoms with Gasteiger partial charge in [0.05, 0.1) is 33.0 Å². The molecule has 0 saturated heterocycles. The molecule has 3 N–H and O–H groups in total. The van der Waals surface area contributed by atoms with E-state index in [1.807, 2.05) is 0 Å². The van der Waals surface area contributed by atoms with Crippen molar-refractivity contribution >= 4 is 5.97 Å². The highest BCUT2D eigenvalue weighted by Crippen LogP contribution is 2.02. The van der Waals surface area contributed by atoms with Gasteiger partial charge in [-0.3, -0.25) is 0 Å². The minimum Gasteiger partial charge on any atom is -0.461 e. The average Bonchev–Trinajstić information content (AvgIpc) is 2.36. The maximum absolute atomic E-state index is 11.3. The van der Waals surface area contributed by atoms with Crippen LogP contribution in [-0.4, -0.2) is 70.0 Å². The summed E-state index contributed by atoms with van der Waals surface area (Å²) in [4.78, 5) is 11.3. The molecule has 108 valence electrons. The van der Waals surface area contributed by atoms with E-state index in [0.29, 0.717) is 26.4 Å². The summed E-state index contributed by atoms with van der Waals surface area (Å²) in [6.07, 6.45) is 0. The number of ether oxygens (including phenoxy) is 4. The summed E-state index contributed by atoms with van der Waals surface area (Å²) in [5.41, 5.74) is 3.57. The SMILES string of the molecule is COCCOCCOCCOC(=O)C(C)(O)CN. The fourth-order valence-corrected chi connectivity index (χ4v) is 0.896. The normalized spacial score (nSPS) is 14.2. The van der Waals surface area contributed by atoms with Crippen molar-refractivity contribution in [1.82, 2.24) is 0 Å². The van der Waals surface area contributed by atoms with Crippen LogP contribution in [-0.2, 0) is 23.7 Å². The van der Waals surface area contributed by atoms with Gasteiger partial charge in [0.25, 0.3) is 0 Å². The van der Waals surface area contributed by atoms with Crippen molar-refractivity contribution in [2.45, 2.75) is 12.5 Å². The Balaban J connectivity index is 3.33. The molecule has 0 aromatic heterocycles. The molecular formula is C11H23NO6. The summed E-state index contributed by atoms with van der Waals surface area (Å²) < 4.78 is 19.9. The number of nitrogens with two attached hydrogens (primary N) is 1. The smallest absolute Gasteiger partial charge is 0.339 e. The van der Waals surface area contributed by atoms with Gasteiger partial charge >= 0.3 is 5.97 Å². The van der Waals surface area contributed by atoms with Crippen LogP contribution in [0.2, 0.25) is 0 Å². The lowest BCUT2D eigenvalue weighted by atomic mass is 10.1. The summed E-state index contributed by atoms with van der Waals surface area (Å²) in [7, 11) is 1.60. The first-order valence-corrected chi connectivity index (χ1v) is 5.78. The van der Waals surface area contributed by atoms with Crippen LogP contribution >= 0.6 is 0 Å². The molecule has 1 atom stereocenters. The Hall–Kier alpha value is -0.730. The summed E-state index contributed by atoms with van der Waals surface area (Å²) in [5.74, 6) is -0.745. The predicted octanol–water partition coefficient (Wildman–Crippen LogP) is -1.08. The molecule has 0 heterocycles. The lowest BCUT2D eigenvalue weighted by molar-refractivity contribution is -0.164. The molecule has 18 heavy (non-hydrogen) atoms. The van der Waals surface area contributed by atoms with Crippen LogP contribution in [0.15, 0.2) is 0 Å². The van der Waals surface area contributed by atoms with Crippen LogP contribution in [0, 0.1) is 0 Å². The Morgan fingerprint density at radius 3 is 2.11 bits per heavy atom. The summed E-state index contributed by atoms with van der Waals surface area (Å²) in [6.45, 7) is 3.39. The van der Waals surface area contributed by atoms with Crippen molar-refractivity contribution in [3.8, 4) is 0 Å². The van der Waals surface area contributed by atoms with Gasteiger partial charge in [0, 0.05) is 13.7 Å². The zero-order valence-corrected chi connectivity index (χ0v) is 11.0. The fraction of sp³-hybridized carbons (Fsp3) is 0.909. The van der Waals surface area contributed by atoms with Crippen LogP contribution in [0.25, 0.3) is 0 Å². The third-order valence-electron chi connectivity index (χ3n) is 2.10. The van der Waals surface area contributed by atoms with Crippen molar-refractivity contribution in [2.75, 3.05) is 53.3 Å². The van der Waals surface area contributed by atoms with E-state index < -0.39 is 11.6 Å². The number of hydrogen-bond acceptors (Lipinski definition) is 7. The molecule has 7 heteroatoms. The molecule has 0 aromatic carbocycles. The van der Waals surface area contributed by atoms with Gasteiger partial charge in [-0.2, -0.15) is 0 Å². The molecule has 0 saturated carbocycles. The topological polar surface area (TPSA) is 100 Å². The zero-order chi connectivity index (χ0) is 13.9. The molecule has 0 spiro atoms. The van der Waals surface area contributed by atoms with Gasteiger partial charge < -0.3 is 29.8 Å². The molecule has 0 aliphatic rings. The van der Waals surface area contributed by atoms with Gasteiger partial charge in [-0.25, -0.2) is 4.79 Å². The summed E-state index contributed by atoms with van der Waals surface area (Å²) >= 11 is 0. The van der Waals surface area contributed by atoms with E-state index in [2.05, 4.69) is 0 Å². The van der Waals surface area contributed by atoms with E-state index in [4.69, 9.17) is 24.7 Å². The van der Waals surface area contributed by atoms with Gasteiger partial charge in [-0.05, 0) is 6.92 Å². The van der Waals surface area contributed by atoms with Crippen molar-refractivity contribution in [3.05, 3.63) is 0 Å². The Labute approximate surface area is 107 Å². The molecule has 0 aliphatic heterocycles. The number of esters is 1. The van der Waals surface area contributed by atoms with E-state index in [0.717, 1.165) is 0 Å². The van der Waals surface area contributed by atoms with Gasteiger partial charge in [0.15, 0.2) is 5.60 Å². The predicted molar refractivity (Wildman–Crippen MR) is 64.2 cm³/mol. The first kappa shape index (κ1) is 17.3. The van der Waals surface area contributed by atoms with Gasteiger partial charge in [-0.1, -0.05) is 0 Å². The van der Waals surface area contributed by atoms with Crippen molar-refractivity contribution < 1.29 is 28.8 Å². The lowest BCUT2D eigenvalue weighted by Crippen LogP contribution is -2.44. The van der Waals surface area contributed by atoms with Crippen LogP contribution in [0.4, 0.5) is 0 Å². The van der Waals surface area contributed by atoms with Crippen LogP contribution in [0.5, 0.6) is 0 Å². The quantitative estimate of drug-likeness (QED) is 0.362. The van der Waals surface area contributed by atoms with Gasteiger partial charge in [0.1, 0.15) is 6.61 Å². The molecular weight excluding hydrogens is 242 g/mol. The third kappa shape index (κ3) is 8.37. The van der Waals surface area contributed by atoms with E-state index in [1.54, 1.807) is 7.11 Å². The highest BCUT2D eigenvalue weighted by molar-refractivity contribution is 5.78. The van der Waals surface area contributed by atoms with Gasteiger partial charge in [0.2, 0.25) is 0 Å². The summed E-state index contributed by atoms with van der Waals surface area (Å²) in [6, 6.07) is 0. The molecule has 7 nitrogen and oxygen atoms in total. The monoisotopic (exact) mass is 265 g/mol. The highest BCUT2D eigenvalue weighted by atomic mass is 16.6. The minimum atomic E-state index is -1.64. The molecule has 0 bridgehead atoms. The number of methoxy groups -OCH3 is 1. The van der Waals surface area contributed by atoms with Gasteiger partial charge in [-0.15, -0.1) is 0 Å². The van der Waals surface area contributed by atoms with Crippen molar-refractivity contribution in [1.29, 1.82) is 0 Å². The number of carbonyl (C=O) groups excluding carboxylic acids is 1. The van der Waals surface area contributed by atoms with Crippen LogP contribution in [0.3, 0.4) is 0 Å². The van der Waals surface area contributed by atoms with E-state index >= 15 is 0 Å². The number of carbonyl (C=O) groups is 1. The Morgan fingerprint density at radius 2 is 1.61 bits per heavy atom. The Bertz CT molecular complexity index is 222. The van der Waals surface area contributed by atoms with E-state index in [-0.39, 0.29) is 19.8 Å². The second kappa shape index (κ2) is 10.2. The van der Waals surface area contributed by atoms with Crippen molar-refractivity contribution in [3.63, 3.8) is 0 Å². The largest absolute Gasteiger partial charge is 0.461 e. The maximum atomic E-state index is 11.3. The standard InChI is InChI=1S/C11H23NO6/c1-11(14,9-12)10(13)18-8-7-17-6-5-16-4-3-15-2/h14H,3-9,12H2,1-2H3. The Morgan fingerprint density at radius 1 is 1.11 bits per heavy atom. The molecule has 0 amide bonds. The average molecular weight is 265 g/mol. The number of hydrogen-bond donors (Lipinski definition) is 2.